The molecule has 1 aliphatic heterocycles. The highest BCUT2D eigenvalue weighted by atomic mass is 32.1. The van der Waals surface area contributed by atoms with Crippen molar-refractivity contribution in [3.63, 3.8) is 0 Å². The van der Waals surface area contributed by atoms with Gasteiger partial charge in [0.15, 0.2) is 6.61 Å². The van der Waals surface area contributed by atoms with E-state index >= 15 is 0 Å². The van der Waals surface area contributed by atoms with E-state index in [-0.39, 0.29) is 12.5 Å². The van der Waals surface area contributed by atoms with Gasteiger partial charge in [-0.3, -0.25) is 9.69 Å². The first-order chi connectivity index (χ1) is 12.7. The maximum absolute atomic E-state index is 12.4. The number of nitrogens with zero attached hydrogens (tertiary/aromatic N) is 3. The number of ether oxygens (including phenoxy) is 1. The topological polar surface area (TPSA) is 45.7 Å². The van der Waals surface area contributed by atoms with Gasteiger partial charge in [0.2, 0.25) is 0 Å². The highest BCUT2D eigenvalue weighted by molar-refractivity contribution is 7.09. The normalized spacial score (nSPS) is 18.1. The van der Waals surface area contributed by atoms with Crippen LogP contribution in [-0.4, -0.2) is 53.5 Å². The molecule has 2 fully saturated rings. The molecule has 2 aliphatic rings. The van der Waals surface area contributed by atoms with Gasteiger partial charge in [-0.1, -0.05) is 18.2 Å². The Kier molecular flexibility index (Phi) is 5.22. The monoisotopic (exact) mass is 371 g/mol. The summed E-state index contributed by atoms with van der Waals surface area (Å²) >= 11 is 1.77. The summed E-state index contributed by atoms with van der Waals surface area (Å²) in [6.07, 6.45) is 2.60. The number of amides is 1. The fourth-order valence-corrected chi connectivity index (χ4v) is 4.18. The third-order valence-electron chi connectivity index (χ3n) is 5.09. The zero-order chi connectivity index (χ0) is 17.9. The molecule has 1 saturated heterocycles. The van der Waals surface area contributed by atoms with E-state index in [1.165, 1.54) is 23.5 Å². The summed E-state index contributed by atoms with van der Waals surface area (Å²) in [4.78, 5) is 21.5. The Morgan fingerprint density at radius 2 is 2.00 bits per heavy atom. The smallest absolute Gasteiger partial charge is 0.260 e. The molecule has 1 saturated carbocycles. The first kappa shape index (κ1) is 17.5. The number of piperazine rings is 1. The van der Waals surface area contributed by atoms with Crippen LogP contribution in [0.3, 0.4) is 0 Å². The molecular formula is C20H25N3O2S. The van der Waals surface area contributed by atoms with Crippen molar-refractivity contribution in [1.82, 2.24) is 14.8 Å². The Morgan fingerprint density at radius 3 is 2.73 bits per heavy atom. The average Bonchev–Trinajstić information content (AvgIpc) is 3.41. The van der Waals surface area contributed by atoms with Crippen LogP contribution < -0.4 is 4.74 Å². The average molecular weight is 372 g/mol. The maximum Gasteiger partial charge on any atom is 0.260 e. The Bertz CT molecular complexity index is 764. The minimum atomic E-state index is 0.0678. The van der Waals surface area contributed by atoms with Crippen molar-refractivity contribution in [2.24, 2.45) is 0 Å². The summed E-state index contributed by atoms with van der Waals surface area (Å²) in [5.41, 5.74) is 2.34. The summed E-state index contributed by atoms with van der Waals surface area (Å²) < 4.78 is 5.69. The number of aryl methyl sites for hydroxylation is 1. The summed E-state index contributed by atoms with van der Waals surface area (Å²) in [5, 5.41) is 3.42. The predicted octanol–water partition coefficient (Wildman–Crippen LogP) is 3.05. The Labute approximate surface area is 158 Å². The van der Waals surface area contributed by atoms with Gasteiger partial charge in [0, 0.05) is 37.5 Å². The Morgan fingerprint density at radius 1 is 1.23 bits per heavy atom. The first-order valence-corrected chi connectivity index (χ1v) is 10.2. The lowest BCUT2D eigenvalue weighted by molar-refractivity contribution is -0.135. The number of rotatable bonds is 6. The van der Waals surface area contributed by atoms with E-state index < -0.39 is 0 Å². The van der Waals surface area contributed by atoms with Crippen LogP contribution in [0.5, 0.6) is 5.75 Å². The third kappa shape index (κ3) is 4.24. The zero-order valence-corrected chi connectivity index (χ0v) is 16.0. The lowest BCUT2D eigenvalue weighted by Crippen LogP contribution is -2.49. The van der Waals surface area contributed by atoms with E-state index in [9.17, 15) is 4.79 Å². The molecule has 2 heterocycles. The van der Waals surface area contributed by atoms with Crippen molar-refractivity contribution in [2.45, 2.75) is 32.2 Å². The molecule has 0 radical (unpaired) electrons. The maximum atomic E-state index is 12.4. The number of thiazole rings is 1. The van der Waals surface area contributed by atoms with Gasteiger partial charge < -0.3 is 9.64 Å². The van der Waals surface area contributed by atoms with Crippen molar-refractivity contribution < 1.29 is 9.53 Å². The molecule has 0 unspecified atom stereocenters. The number of carbonyl (C=O) groups is 1. The van der Waals surface area contributed by atoms with Crippen molar-refractivity contribution in [3.05, 3.63) is 45.9 Å². The van der Waals surface area contributed by atoms with E-state index in [0.717, 1.165) is 50.0 Å². The SMILES string of the molecule is Cc1ccccc1OCC(=O)N1CCN(Cc2nc(C3CC3)cs2)CC1. The van der Waals surface area contributed by atoms with Crippen LogP contribution in [0.1, 0.15) is 35.0 Å². The predicted molar refractivity (Wildman–Crippen MR) is 103 cm³/mol. The standard InChI is InChI=1S/C20H25N3O2S/c1-15-4-2-3-5-18(15)25-13-20(24)23-10-8-22(9-11-23)12-19-21-17(14-26-19)16-6-7-16/h2-5,14,16H,6-13H2,1H3. The number of hydrogen-bond acceptors (Lipinski definition) is 5. The van der Waals surface area contributed by atoms with E-state index in [4.69, 9.17) is 9.72 Å². The van der Waals surface area contributed by atoms with Crippen LogP contribution in [0, 0.1) is 6.92 Å². The minimum Gasteiger partial charge on any atom is -0.484 e. The molecule has 1 aromatic carbocycles. The lowest BCUT2D eigenvalue weighted by Gasteiger charge is -2.34. The molecule has 6 heteroatoms. The molecule has 0 atom stereocenters. The molecule has 1 aromatic heterocycles. The molecule has 5 nitrogen and oxygen atoms in total. The van der Waals surface area contributed by atoms with Gasteiger partial charge in [0.1, 0.15) is 10.8 Å². The second-order valence-electron chi connectivity index (χ2n) is 7.15. The fourth-order valence-electron chi connectivity index (χ4n) is 3.26. The molecule has 26 heavy (non-hydrogen) atoms. The lowest BCUT2D eigenvalue weighted by atomic mass is 10.2. The van der Waals surface area contributed by atoms with Gasteiger partial charge in [-0.05, 0) is 31.4 Å². The molecule has 0 spiro atoms. The molecule has 2 aromatic rings. The molecule has 138 valence electrons. The Balaban J connectivity index is 1.22. The zero-order valence-electron chi connectivity index (χ0n) is 15.2. The molecule has 0 N–H and O–H groups in total. The number of carbonyl (C=O) groups excluding carboxylic acids is 1. The van der Waals surface area contributed by atoms with Gasteiger partial charge in [-0.15, -0.1) is 11.3 Å². The first-order valence-electron chi connectivity index (χ1n) is 9.32. The van der Waals surface area contributed by atoms with Crippen molar-refractivity contribution >= 4 is 17.2 Å². The number of para-hydroxylation sites is 1. The highest BCUT2D eigenvalue weighted by Gasteiger charge is 2.27. The second kappa shape index (κ2) is 7.76. The van der Waals surface area contributed by atoms with Crippen LogP contribution >= 0.6 is 11.3 Å². The fraction of sp³-hybridized carbons (Fsp3) is 0.500. The molecule has 4 rings (SSSR count). The summed E-state index contributed by atoms with van der Waals surface area (Å²) in [6, 6.07) is 7.80. The van der Waals surface area contributed by atoms with E-state index in [2.05, 4.69) is 10.3 Å². The van der Waals surface area contributed by atoms with Crippen molar-refractivity contribution in [1.29, 1.82) is 0 Å². The van der Waals surface area contributed by atoms with Gasteiger partial charge in [0.25, 0.3) is 5.91 Å². The molecular weight excluding hydrogens is 346 g/mol. The molecule has 0 bridgehead atoms. The van der Waals surface area contributed by atoms with Gasteiger partial charge >= 0.3 is 0 Å². The Hall–Kier alpha value is -1.92. The quantitative estimate of drug-likeness (QED) is 0.783. The number of aromatic nitrogens is 1. The number of benzene rings is 1. The second-order valence-corrected chi connectivity index (χ2v) is 8.09. The van der Waals surface area contributed by atoms with Crippen LogP contribution in [-0.2, 0) is 11.3 Å². The van der Waals surface area contributed by atoms with E-state index in [0.29, 0.717) is 0 Å². The van der Waals surface area contributed by atoms with Crippen LogP contribution in [0.25, 0.3) is 0 Å². The largest absolute Gasteiger partial charge is 0.484 e. The van der Waals surface area contributed by atoms with Crippen LogP contribution in [0.2, 0.25) is 0 Å². The summed E-state index contributed by atoms with van der Waals surface area (Å²) in [7, 11) is 0. The highest BCUT2D eigenvalue weighted by Crippen LogP contribution is 2.40. The molecule has 1 aliphatic carbocycles. The summed E-state index contributed by atoms with van der Waals surface area (Å²) in [6.45, 7) is 6.32. The van der Waals surface area contributed by atoms with Crippen molar-refractivity contribution in [2.75, 3.05) is 32.8 Å². The van der Waals surface area contributed by atoms with Crippen molar-refractivity contribution in [3.8, 4) is 5.75 Å². The van der Waals surface area contributed by atoms with Crippen LogP contribution in [0.15, 0.2) is 29.6 Å². The number of hydrogen-bond donors (Lipinski definition) is 0. The van der Waals surface area contributed by atoms with Gasteiger partial charge in [0.05, 0.1) is 12.2 Å². The molecule has 1 amide bonds. The van der Waals surface area contributed by atoms with E-state index in [1.54, 1.807) is 11.3 Å². The summed E-state index contributed by atoms with van der Waals surface area (Å²) in [5.74, 6) is 1.58. The van der Waals surface area contributed by atoms with E-state index in [1.807, 2.05) is 36.1 Å². The third-order valence-corrected chi connectivity index (χ3v) is 5.95. The minimum absolute atomic E-state index is 0.0678. The van der Waals surface area contributed by atoms with Crippen LogP contribution in [0.4, 0.5) is 0 Å². The van der Waals surface area contributed by atoms with Gasteiger partial charge in [-0.25, -0.2) is 4.98 Å². The van der Waals surface area contributed by atoms with Gasteiger partial charge in [-0.2, -0.15) is 0 Å².